The number of carboxylic acids is 1. The zero-order valence-corrected chi connectivity index (χ0v) is 11.6. The Morgan fingerprint density at radius 1 is 1.35 bits per heavy atom. The van der Waals surface area contributed by atoms with Crippen LogP contribution in [0.2, 0.25) is 0 Å². The van der Waals surface area contributed by atoms with Gasteiger partial charge in [0.25, 0.3) is 0 Å². The fourth-order valence-electron chi connectivity index (χ4n) is 2.61. The number of carbonyl (C=O) groups excluding carboxylic acids is 1. The maximum atomic E-state index is 12.1. The third-order valence-electron chi connectivity index (χ3n) is 3.73. The van der Waals surface area contributed by atoms with Crippen molar-refractivity contribution < 1.29 is 14.7 Å². The van der Waals surface area contributed by atoms with Gasteiger partial charge in [-0.05, 0) is 30.4 Å². The highest BCUT2D eigenvalue weighted by Gasteiger charge is 2.33. The van der Waals surface area contributed by atoms with Crippen LogP contribution in [0.3, 0.4) is 0 Å². The minimum Gasteiger partial charge on any atom is -0.480 e. The Morgan fingerprint density at radius 2 is 2.05 bits per heavy atom. The van der Waals surface area contributed by atoms with Crippen LogP contribution >= 0.6 is 0 Å². The first kappa shape index (κ1) is 14.4. The summed E-state index contributed by atoms with van der Waals surface area (Å²) < 4.78 is 0. The number of hydrogen-bond acceptors (Lipinski definition) is 2. The van der Waals surface area contributed by atoms with E-state index in [1.54, 1.807) is 0 Å². The molecule has 2 amide bonds. The van der Waals surface area contributed by atoms with Crippen molar-refractivity contribution in [3.05, 3.63) is 35.4 Å². The van der Waals surface area contributed by atoms with Gasteiger partial charge in [-0.3, -0.25) is 0 Å². The smallest absolute Gasteiger partial charge is 0.326 e. The quantitative estimate of drug-likeness (QED) is 0.883. The number of carbonyl (C=O) groups is 2. The highest BCUT2D eigenvalue weighted by atomic mass is 16.4. The van der Waals surface area contributed by atoms with Crippen molar-refractivity contribution in [3.63, 3.8) is 0 Å². The number of amides is 2. The van der Waals surface area contributed by atoms with Crippen LogP contribution in [0, 0.1) is 0 Å². The largest absolute Gasteiger partial charge is 0.480 e. The van der Waals surface area contributed by atoms with E-state index in [-0.39, 0.29) is 6.03 Å². The minimum atomic E-state index is -0.924. The summed E-state index contributed by atoms with van der Waals surface area (Å²) in [7, 11) is 0. The molecule has 1 fully saturated rings. The number of hydrogen-bond donors (Lipinski definition) is 2. The third-order valence-corrected chi connectivity index (χ3v) is 3.73. The molecule has 1 heterocycles. The van der Waals surface area contributed by atoms with Crippen LogP contribution in [0.4, 0.5) is 4.79 Å². The molecule has 108 valence electrons. The van der Waals surface area contributed by atoms with Gasteiger partial charge >= 0.3 is 12.0 Å². The molecule has 5 heteroatoms. The number of nitrogens with one attached hydrogen (secondary N) is 1. The molecule has 0 saturated carbocycles. The maximum Gasteiger partial charge on any atom is 0.326 e. The average molecular weight is 276 g/mol. The van der Waals surface area contributed by atoms with E-state index in [2.05, 4.69) is 12.2 Å². The Labute approximate surface area is 118 Å². The lowest BCUT2D eigenvalue weighted by molar-refractivity contribution is -0.141. The fraction of sp³-hybridized carbons (Fsp3) is 0.467. The first-order valence-electron chi connectivity index (χ1n) is 6.97. The Morgan fingerprint density at radius 3 is 2.70 bits per heavy atom. The van der Waals surface area contributed by atoms with Crippen molar-refractivity contribution >= 4 is 12.0 Å². The standard InChI is InChI=1S/C15H20N2O3/c1-2-11-6-3-4-7-12(11)10-16-15(20)17-9-5-8-13(17)14(18)19/h3-4,6-7,13H,2,5,8-10H2,1H3,(H,16,20)(H,18,19)/t13-/m0/s1. The SMILES string of the molecule is CCc1ccccc1CNC(=O)N1CCC[C@H]1C(=O)O. The second-order valence-electron chi connectivity index (χ2n) is 4.97. The second kappa shape index (κ2) is 6.41. The molecule has 0 aromatic heterocycles. The Kier molecular flexibility index (Phi) is 4.61. The van der Waals surface area contributed by atoms with Gasteiger partial charge in [-0.25, -0.2) is 9.59 Å². The van der Waals surface area contributed by atoms with Gasteiger partial charge in [0, 0.05) is 13.1 Å². The van der Waals surface area contributed by atoms with Gasteiger partial charge in [0.15, 0.2) is 0 Å². The average Bonchev–Trinajstić information content (AvgIpc) is 2.94. The monoisotopic (exact) mass is 276 g/mol. The van der Waals surface area contributed by atoms with Crippen LogP contribution in [-0.4, -0.2) is 34.6 Å². The summed E-state index contributed by atoms with van der Waals surface area (Å²) in [5, 5.41) is 11.9. The van der Waals surface area contributed by atoms with Crippen molar-refractivity contribution in [2.75, 3.05) is 6.54 Å². The minimum absolute atomic E-state index is 0.291. The summed E-state index contributed by atoms with van der Waals surface area (Å²) in [6, 6.07) is 6.97. The maximum absolute atomic E-state index is 12.1. The van der Waals surface area contributed by atoms with E-state index in [1.165, 1.54) is 10.5 Å². The van der Waals surface area contributed by atoms with Crippen LogP contribution in [0.5, 0.6) is 0 Å². The number of benzene rings is 1. The number of rotatable bonds is 4. The van der Waals surface area contributed by atoms with Crippen LogP contribution in [0.25, 0.3) is 0 Å². The Hall–Kier alpha value is -2.04. The van der Waals surface area contributed by atoms with Gasteiger partial charge in [-0.1, -0.05) is 31.2 Å². The van der Waals surface area contributed by atoms with Gasteiger partial charge < -0.3 is 15.3 Å². The lowest BCUT2D eigenvalue weighted by Crippen LogP contribution is -2.45. The van der Waals surface area contributed by atoms with Crippen LogP contribution in [0.1, 0.15) is 30.9 Å². The topological polar surface area (TPSA) is 69.6 Å². The predicted octanol–water partition coefficient (Wildman–Crippen LogP) is 2.01. The van der Waals surface area contributed by atoms with Gasteiger partial charge in [0.2, 0.25) is 0 Å². The van der Waals surface area contributed by atoms with Crippen molar-refractivity contribution in [1.29, 1.82) is 0 Å². The van der Waals surface area contributed by atoms with Crippen molar-refractivity contribution in [2.24, 2.45) is 0 Å². The van der Waals surface area contributed by atoms with E-state index in [1.807, 2.05) is 24.3 Å². The van der Waals surface area contributed by atoms with Crippen molar-refractivity contribution in [1.82, 2.24) is 10.2 Å². The Bertz CT molecular complexity index is 502. The molecule has 2 rings (SSSR count). The number of urea groups is 1. The summed E-state index contributed by atoms with van der Waals surface area (Å²) >= 11 is 0. The summed E-state index contributed by atoms with van der Waals surface area (Å²) in [4.78, 5) is 24.6. The molecule has 0 unspecified atom stereocenters. The fourth-order valence-corrected chi connectivity index (χ4v) is 2.61. The zero-order valence-electron chi connectivity index (χ0n) is 11.6. The number of likely N-dealkylation sites (tertiary alicyclic amines) is 1. The predicted molar refractivity (Wildman–Crippen MR) is 75.4 cm³/mol. The summed E-state index contributed by atoms with van der Waals surface area (Å²) in [5.41, 5.74) is 2.28. The molecule has 1 atom stereocenters. The molecule has 1 aliphatic rings. The van der Waals surface area contributed by atoms with E-state index in [0.29, 0.717) is 19.5 Å². The van der Waals surface area contributed by atoms with E-state index in [0.717, 1.165) is 18.4 Å². The summed E-state index contributed by atoms with van der Waals surface area (Å²) in [5.74, 6) is -0.924. The molecule has 1 saturated heterocycles. The zero-order chi connectivity index (χ0) is 14.5. The molecule has 1 aromatic rings. The first-order chi connectivity index (χ1) is 9.63. The molecule has 0 spiro atoms. The summed E-state index contributed by atoms with van der Waals surface area (Å²) in [6.07, 6.45) is 2.19. The third kappa shape index (κ3) is 3.10. The van der Waals surface area contributed by atoms with Crippen molar-refractivity contribution in [3.8, 4) is 0 Å². The Balaban J connectivity index is 1.97. The van der Waals surface area contributed by atoms with E-state index in [9.17, 15) is 9.59 Å². The number of carboxylic acid groups (broad SMARTS) is 1. The van der Waals surface area contributed by atoms with Crippen LogP contribution in [0.15, 0.2) is 24.3 Å². The second-order valence-corrected chi connectivity index (χ2v) is 4.97. The first-order valence-corrected chi connectivity index (χ1v) is 6.97. The molecule has 0 radical (unpaired) electrons. The number of aryl methyl sites for hydroxylation is 1. The molecule has 5 nitrogen and oxygen atoms in total. The van der Waals surface area contributed by atoms with Gasteiger partial charge in [0.1, 0.15) is 6.04 Å². The van der Waals surface area contributed by atoms with Crippen LogP contribution in [-0.2, 0) is 17.8 Å². The van der Waals surface area contributed by atoms with Gasteiger partial charge in [0.05, 0.1) is 0 Å². The highest BCUT2D eigenvalue weighted by molar-refractivity contribution is 5.83. The summed E-state index contributed by atoms with van der Waals surface area (Å²) in [6.45, 7) is 3.02. The van der Waals surface area contributed by atoms with E-state index >= 15 is 0 Å². The molecule has 1 aliphatic heterocycles. The number of aliphatic carboxylic acids is 1. The number of nitrogens with zero attached hydrogens (tertiary/aromatic N) is 1. The molecule has 1 aromatic carbocycles. The van der Waals surface area contributed by atoms with E-state index in [4.69, 9.17) is 5.11 Å². The molecule has 20 heavy (non-hydrogen) atoms. The van der Waals surface area contributed by atoms with Crippen molar-refractivity contribution in [2.45, 2.75) is 38.8 Å². The molecule has 2 N–H and O–H groups in total. The normalized spacial score (nSPS) is 18.1. The molecular weight excluding hydrogens is 256 g/mol. The lowest BCUT2D eigenvalue weighted by Gasteiger charge is -2.22. The van der Waals surface area contributed by atoms with E-state index < -0.39 is 12.0 Å². The molecular formula is C15H20N2O3. The molecule has 0 aliphatic carbocycles. The highest BCUT2D eigenvalue weighted by Crippen LogP contribution is 2.17. The lowest BCUT2D eigenvalue weighted by atomic mass is 10.1. The van der Waals surface area contributed by atoms with Crippen LogP contribution < -0.4 is 5.32 Å². The van der Waals surface area contributed by atoms with Gasteiger partial charge in [-0.2, -0.15) is 0 Å². The molecule has 0 bridgehead atoms. The van der Waals surface area contributed by atoms with Gasteiger partial charge in [-0.15, -0.1) is 0 Å².